The molecule has 0 rings (SSSR count). The summed E-state index contributed by atoms with van der Waals surface area (Å²) in [5.74, 6) is 0. The zero-order valence-electron chi connectivity index (χ0n) is 5.42. The van der Waals surface area contributed by atoms with Crippen LogP contribution in [0, 0.1) is 0 Å². The van der Waals surface area contributed by atoms with Crippen molar-refractivity contribution in [2.75, 3.05) is 14.2 Å². The molecule has 0 aromatic heterocycles. The quantitative estimate of drug-likeness (QED) is 0.618. The smallest absolute Gasteiger partial charge is 0.133 e. The number of hydrogen-bond acceptors (Lipinski definition) is 4. The second-order valence-electron chi connectivity index (χ2n) is 0.841. The Labute approximate surface area is 59.7 Å². The summed E-state index contributed by atoms with van der Waals surface area (Å²) in [7, 11) is -2.37. The molecule has 0 aliphatic carbocycles. The van der Waals surface area contributed by atoms with Crippen LogP contribution >= 0.6 is 16.5 Å². The maximum absolute atomic E-state index is 9.29. The molecule has 2 unspecified atom stereocenters. The molecule has 0 spiro atoms. The molecular weight excluding hydrogens is 182 g/mol. The summed E-state index contributed by atoms with van der Waals surface area (Å²) in [5, 5.41) is 0. The van der Waals surface area contributed by atoms with Gasteiger partial charge in [0.25, 0.3) is 0 Å². The minimum absolute atomic E-state index is 1.17. The van der Waals surface area contributed by atoms with Gasteiger partial charge in [-0.15, -0.1) is 18.8 Å². The van der Waals surface area contributed by atoms with E-state index in [2.05, 4.69) is 9.05 Å². The molecule has 0 fully saturated rings. The minimum Gasteiger partial charge on any atom is -0.133 e. The van der Waals surface area contributed by atoms with Crippen molar-refractivity contribution in [3.05, 3.63) is 0 Å². The molecule has 10 heavy (non-hydrogen) atoms. The van der Waals surface area contributed by atoms with Crippen molar-refractivity contribution in [2.45, 2.75) is 0 Å². The lowest BCUT2D eigenvalue weighted by Crippen LogP contribution is -1.57. The molecule has 8 heteroatoms. The highest BCUT2D eigenvalue weighted by atomic mass is 31.1. The Kier molecular flexibility index (Phi) is 11.5. The van der Waals surface area contributed by atoms with Crippen LogP contribution in [0.15, 0.2) is 0 Å². The van der Waals surface area contributed by atoms with E-state index in [0.717, 1.165) is 0 Å². The normalized spacial score (nSPS) is 11.2. The molecule has 0 amide bonds. The molecule has 6 nitrogen and oxygen atoms in total. The van der Waals surface area contributed by atoms with E-state index in [1.54, 1.807) is 0 Å². The van der Waals surface area contributed by atoms with Crippen LogP contribution in [0.25, 0.3) is 0 Å². The van der Waals surface area contributed by atoms with E-state index in [-0.39, 0.29) is 0 Å². The lowest BCUT2D eigenvalue weighted by molar-refractivity contribution is 0.342. The molecule has 2 atom stereocenters. The molecule has 0 aromatic rings. The van der Waals surface area contributed by atoms with Gasteiger partial charge in [0.15, 0.2) is 0 Å². The molecule has 0 saturated carbocycles. The highest BCUT2D eigenvalue weighted by Crippen LogP contribution is 2.09. The standard InChI is InChI=1S/2CH3O3P/c2*1-4-5(2)3/h2*1H3/p+2. The fourth-order valence-corrected chi connectivity index (χ4v) is 0. The maximum atomic E-state index is 9.29. The highest BCUT2D eigenvalue weighted by Gasteiger charge is 2.03. The van der Waals surface area contributed by atoms with Crippen LogP contribution in [-0.2, 0) is 18.2 Å². The lowest BCUT2D eigenvalue weighted by atomic mass is 11.8. The topological polar surface area (TPSA) is 93.1 Å². The molecule has 0 heterocycles. The van der Waals surface area contributed by atoms with Crippen molar-refractivity contribution in [3.8, 4) is 0 Å². The zero-order valence-corrected chi connectivity index (χ0v) is 7.21. The predicted molar refractivity (Wildman–Crippen MR) is 33.7 cm³/mol. The van der Waals surface area contributed by atoms with E-state index in [1.807, 2.05) is 0 Å². The van der Waals surface area contributed by atoms with Crippen LogP contribution in [0.3, 0.4) is 0 Å². The Bertz CT molecular complexity index is 98.3. The van der Waals surface area contributed by atoms with Crippen molar-refractivity contribution in [2.24, 2.45) is 0 Å². The molecule has 60 valence electrons. The summed E-state index contributed by atoms with van der Waals surface area (Å²) in [6.45, 7) is 0. The number of rotatable bonds is 2. The van der Waals surface area contributed by atoms with Crippen LogP contribution < -0.4 is 0 Å². The van der Waals surface area contributed by atoms with Gasteiger partial charge in [0.05, 0.1) is 14.2 Å². The van der Waals surface area contributed by atoms with E-state index in [4.69, 9.17) is 9.79 Å². The fourth-order valence-electron chi connectivity index (χ4n) is 0. The maximum Gasteiger partial charge on any atom is 0.694 e. The van der Waals surface area contributed by atoms with Gasteiger partial charge in [-0.3, -0.25) is 0 Å². The van der Waals surface area contributed by atoms with Crippen LogP contribution in [0.4, 0.5) is 0 Å². The van der Waals surface area contributed by atoms with Gasteiger partial charge < -0.3 is 0 Å². The average Bonchev–Trinajstić information content (AvgIpc) is 1.89. The Morgan fingerprint density at radius 2 is 1.10 bits per heavy atom. The molecule has 0 aliphatic heterocycles. The fraction of sp³-hybridized carbons (Fsp3) is 1.00. The number of hydrogen-bond donors (Lipinski definition) is 2. The van der Waals surface area contributed by atoms with Gasteiger partial charge in [-0.2, -0.15) is 0 Å². The van der Waals surface area contributed by atoms with Gasteiger partial charge in [0.1, 0.15) is 0 Å². The van der Waals surface area contributed by atoms with Crippen molar-refractivity contribution in [1.82, 2.24) is 0 Å². The molecule has 0 aliphatic rings. The monoisotopic (exact) mass is 190 g/mol. The van der Waals surface area contributed by atoms with Crippen molar-refractivity contribution < 1.29 is 28.0 Å². The summed E-state index contributed by atoms with van der Waals surface area (Å²) >= 11 is 0. The van der Waals surface area contributed by atoms with Gasteiger partial charge in [-0.25, -0.2) is 0 Å². The first-order valence-electron chi connectivity index (χ1n) is 1.95. The van der Waals surface area contributed by atoms with E-state index in [0.29, 0.717) is 0 Å². The summed E-state index contributed by atoms with van der Waals surface area (Å²) in [5.41, 5.74) is 0. The Hall–Kier alpha value is 0.0400. The van der Waals surface area contributed by atoms with Crippen LogP contribution in [0.2, 0.25) is 0 Å². The second-order valence-corrected chi connectivity index (χ2v) is 2.52. The van der Waals surface area contributed by atoms with E-state index >= 15 is 0 Å². The van der Waals surface area contributed by atoms with E-state index in [9.17, 15) is 9.13 Å². The summed E-state index contributed by atoms with van der Waals surface area (Å²) in [4.78, 5) is 15.3. The van der Waals surface area contributed by atoms with Gasteiger partial charge in [-0.05, 0) is 0 Å². The van der Waals surface area contributed by atoms with Crippen molar-refractivity contribution in [1.29, 1.82) is 0 Å². The molecule has 0 bridgehead atoms. The Morgan fingerprint density at radius 3 is 1.10 bits per heavy atom. The molecule has 0 radical (unpaired) electrons. The van der Waals surface area contributed by atoms with Gasteiger partial charge in [0, 0.05) is 9.13 Å². The van der Waals surface area contributed by atoms with Gasteiger partial charge in [-0.1, -0.05) is 0 Å². The van der Waals surface area contributed by atoms with E-state index in [1.165, 1.54) is 14.2 Å². The molecule has 0 saturated heterocycles. The average molecular weight is 190 g/mol. The third-order valence-corrected chi connectivity index (χ3v) is 0.937. The first-order valence-corrected chi connectivity index (χ1v) is 4.21. The highest BCUT2D eigenvalue weighted by molar-refractivity contribution is 7.32. The third-order valence-electron chi connectivity index (χ3n) is 0.312. The van der Waals surface area contributed by atoms with Crippen LogP contribution in [0.5, 0.6) is 0 Å². The Balaban J connectivity index is 0. The first-order chi connectivity index (χ1) is 4.54. The zero-order chi connectivity index (χ0) is 8.57. The van der Waals surface area contributed by atoms with Gasteiger partial charge >= 0.3 is 16.5 Å². The largest absolute Gasteiger partial charge is 0.694 e. The molecule has 2 N–H and O–H groups in total. The molecule has 0 aromatic carbocycles. The second kappa shape index (κ2) is 9.04. The van der Waals surface area contributed by atoms with E-state index < -0.39 is 16.5 Å². The van der Waals surface area contributed by atoms with Crippen LogP contribution in [0.1, 0.15) is 0 Å². The summed E-state index contributed by atoms with van der Waals surface area (Å²) in [6.07, 6.45) is 0. The lowest BCUT2D eigenvalue weighted by Gasteiger charge is -1.55. The third kappa shape index (κ3) is 24.4. The van der Waals surface area contributed by atoms with Crippen LogP contribution in [-0.4, -0.2) is 24.0 Å². The Morgan fingerprint density at radius 1 is 1.00 bits per heavy atom. The first kappa shape index (κ1) is 12.7. The molecular formula is C2H8O6P2+2. The summed E-state index contributed by atoms with van der Waals surface area (Å²) in [6, 6.07) is 0. The minimum atomic E-state index is -2.35. The summed E-state index contributed by atoms with van der Waals surface area (Å²) < 4.78 is 26.2. The van der Waals surface area contributed by atoms with Gasteiger partial charge in [0.2, 0.25) is 0 Å². The van der Waals surface area contributed by atoms with Crippen molar-refractivity contribution >= 4 is 16.5 Å². The predicted octanol–water partition coefficient (Wildman–Crippen LogP) is 0.565. The SMILES string of the molecule is CO[P+](=O)O.CO[P+](=O)O. The van der Waals surface area contributed by atoms with Crippen molar-refractivity contribution in [3.63, 3.8) is 0 Å².